The molecule has 0 aromatic heterocycles. The van der Waals surface area contributed by atoms with Crippen molar-refractivity contribution in [2.24, 2.45) is 0 Å². The van der Waals surface area contributed by atoms with Gasteiger partial charge in [-0.15, -0.1) is 6.58 Å². The molecule has 0 aliphatic carbocycles. The minimum Gasteiger partial charge on any atom is -0.481 e. The van der Waals surface area contributed by atoms with E-state index < -0.39 is 23.9 Å². The molecule has 0 aliphatic heterocycles. The van der Waals surface area contributed by atoms with Gasteiger partial charge >= 0.3 is 11.9 Å². The minimum absolute atomic E-state index is 0.199. The lowest BCUT2D eigenvalue weighted by molar-refractivity contribution is -0.142. The number of carboxylic acids is 2. The van der Waals surface area contributed by atoms with Crippen LogP contribution in [-0.2, 0) is 14.4 Å². The van der Waals surface area contributed by atoms with Crippen LogP contribution in [0.2, 0.25) is 0 Å². The fourth-order valence-electron chi connectivity index (χ4n) is 1.56. The van der Waals surface area contributed by atoms with E-state index in [0.717, 1.165) is 19.3 Å². The summed E-state index contributed by atoms with van der Waals surface area (Å²) in [5.74, 6) is -2.71. The van der Waals surface area contributed by atoms with E-state index in [0.29, 0.717) is 12.8 Å². The van der Waals surface area contributed by atoms with E-state index in [2.05, 4.69) is 11.9 Å². The van der Waals surface area contributed by atoms with E-state index >= 15 is 0 Å². The van der Waals surface area contributed by atoms with Crippen LogP contribution in [0.5, 0.6) is 0 Å². The standard InChI is InChI=1S/C13H21NO5/c1-2-3-4-5-6-7-10(13(18)19)14-11(15)8-9-12(16)17/h2,10H,1,3-9H2,(H,14,15)(H,16,17)(H,18,19). The molecule has 0 saturated carbocycles. The molecule has 1 amide bonds. The average molecular weight is 271 g/mol. The summed E-state index contributed by atoms with van der Waals surface area (Å²) in [5.41, 5.74) is 0. The Labute approximate surface area is 112 Å². The topological polar surface area (TPSA) is 104 Å². The zero-order chi connectivity index (χ0) is 14.7. The first-order chi connectivity index (χ1) is 8.97. The van der Waals surface area contributed by atoms with Crippen molar-refractivity contribution in [3.05, 3.63) is 12.7 Å². The molecule has 0 saturated heterocycles. The predicted octanol–water partition coefficient (Wildman–Crippen LogP) is 1.56. The van der Waals surface area contributed by atoms with Crippen LogP contribution < -0.4 is 5.32 Å². The van der Waals surface area contributed by atoms with Crippen LogP contribution in [0.4, 0.5) is 0 Å². The number of aliphatic carboxylic acids is 2. The van der Waals surface area contributed by atoms with Crippen LogP contribution in [0.15, 0.2) is 12.7 Å². The summed E-state index contributed by atoms with van der Waals surface area (Å²) in [7, 11) is 0. The molecule has 0 heterocycles. The van der Waals surface area contributed by atoms with Crippen LogP contribution in [-0.4, -0.2) is 34.1 Å². The highest BCUT2D eigenvalue weighted by Crippen LogP contribution is 2.07. The van der Waals surface area contributed by atoms with Crippen molar-refractivity contribution in [1.29, 1.82) is 0 Å². The van der Waals surface area contributed by atoms with Crippen molar-refractivity contribution in [2.45, 2.75) is 51.0 Å². The fraction of sp³-hybridized carbons (Fsp3) is 0.615. The van der Waals surface area contributed by atoms with Gasteiger partial charge in [-0.1, -0.05) is 18.9 Å². The molecule has 6 heteroatoms. The van der Waals surface area contributed by atoms with Crippen molar-refractivity contribution in [1.82, 2.24) is 5.32 Å². The average Bonchev–Trinajstić information content (AvgIpc) is 2.34. The highest BCUT2D eigenvalue weighted by atomic mass is 16.4. The van der Waals surface area contributed by atoms with Gasteiger partial charge in [-0.05, 0) is 19.3 Å². The van der Waals surface area contributed by atoms with Crippen LogP contribution in [0.3, 0.4) is 0 Å². The number of carbonyl (C=O) groups excluding carboxylic acids is 1. The Kier molecular flexibility index (Phi) is 9.12. The first-order valence-corrected chi connectivity index (χ1v) is 6.32. The maximum Gasteiger partial charge on any atom is 0.326 e. The maximum absolute atomic E-state index is 11.3. The normalized spacial score (nSPS) is 11.6. The van der Waals surface area contributed by atoms with Crippen LogP contribution >= 0.6 is 0 Å². The number of nitrogens with one attached hydrogen (secondary N) is 1. The second-order valence-corrected chi connectivity index (χ2v) is 4.28. The van der Waals surface area contributed by atoms with Gasteiger partial charge in [0.15, 0.2) is 0 Å². The summed E-state index contributed by atoms with van der Waals surface area (Å²) >= 11 is 0. The number of rotatable bonds is 11. The first kappa shape index (κ1) is 17.2. The summed E-state index contributed by atoms with van der Waals surface area (Å²) in [6.45, 7) is 3.60. The summed E-state index contributed by atoms with van der Waals surface area (Å²) in [5, 5.41) is 19.7. The van der Waals surface area contributed by atoms with Crippen molar-refractivity contribution in [3.63, 3.8) is 0 Å². The summed E-state index contributed by atoms with van der Waals surface area (Å²) < 4.78 is 0. The number of amides is 1. The number of unbranched alkanes of at least 4 members (excludes halogenated alkanes) is 3. The van der Waals surface area contributed by atoms with Gasteiger partial charge in [-0.3, -0.25) is 9.59 Å². The van der Waals surface area contributed by atoms with E-state index in [1.165, 1.54) is 0 Å². The molecular weight excluding hydrogens is 250 g/mol. The maximum atomic E-state index is 11.3. The molecule has 0 fully saturated rings. The molecule has 3 N–H and O–H groups in total. The van der Waals surface area contributed by atoms with Gasteiger partial charge in [0.1, 0.15) is 6.04 Å². The van der Waals surface area contributed by atoms with E-state index in [9.17, 15) is 14.4 Å². The van der Waals surface area contributed by atoms with E-state index in [4.69, 9.17) is 10.2 Å². The number of hydrogen-bond acceptors (Lipinski definition) is 3. The van der Waals surface area contributed by atoms with Gasteiger partial charge in [0.05, 0.1) is 6.42 Å². The lowest BCUT2D eigenvalue weighted by atomic mass is 10.1. The summed E-state index contributed by atoms with van der Waals surface area (Å²) in [6.07, 6.45) is 5.08. The number of carbonyl (C=O) groups is 3. The second kappa shape index (κ2) is 10.1. The Bertz CT molecular complexity index is 327. The van der Waals surface area contributed by atoms with Crippen LogP contribution in [0.1, 0.15) is 44.9 Å². The van der Waals surface area contributed by atoms with Crippen molar-refractivity contribution >= 4 is 17.8 Å². The lowest BCUT2D eigenvalue weighted by Gasteiger charge is -2.14. The molecule has 0 rings (SSSR count). The minimum atomic E-state index is -1.09. The third-order valence-corrected chi connectivity index (χ3v) is 2.60. The molecule has 6 nitrogen and oxygen atoms in total. The van der Waals surface area contributed by atoms with E-state index in [-0.39, 0.29) is 12.8 Å². The SMILES string of the molecule is C=CCCCCCC(NC(=O)CCC(=O)O)C(=O)O. The van der Waals surface area contributed by atoms with Crippen LogP contribution in [0, 0.1) is 0 Å². The highest BCUT2D eigenvalue weighted by Gasteiger charge is 2.19. The molecule has 0 spiro atoms. The van der Waals surface area contributed by atoms with Crippen molar-refractivity contribution in [3.8, 4) is 0 Å². The van der Waals surface area contributed by atoms with Crippen molar-refractivity contribution < 1.29 is 24.6 Å². The fourth-order valence-corrected chi connectivity index (χ4v) is 1.56. The second-order valence-electron chi connectivity index (χ2n) is 4.28. The summed E-state index contributed by atoms with van der Waals surface area (Å²) in [4.78, 5) is 32.6. The van der Waals surface area contributed by atoms with Crippen molar-refractivity contribution in [2.75, 3.05) is 0 Å². The highest BCUT2D eigenvalue weighted by molar-refractivity contribution is 5.85. The zero-order valence-electron chi connectivity index (χ0n) is 10.9. The van der Waals surface area contributed by atoms with Gasteiger partial charge < -0.3 is 15.5 Å². The molecule has 0 aromatic carbocycles. The number of carboxylic acid groups (broad SMARTS) is 2. The monoisotopic (exact) mass is 271 g/mol. The van der Waals surface area contributed by atoms with Gasteiger partial charge in [-0.2, -0.15) is 0 Å². The third kappa shape index (κ3) is 9.82. The molecule has 19 heavy (non-hydrogen) atoms. The van der Waals surface area contributed by atoms with Gasteiger partial charge in [0.25, 0.3) is 0 Å². The molecule has 1 unspecified atom stereocenters. The molecule has 0 aliphatic rings. The van der Waals surface area contributed by atoms with Crippen LogP contribution in [0.25, 0.3) is 0 Å². The molecule has 108 valence electrons. The zero-order valence-corrected chi connectivity index (χ0v) is 10.9. The molecule has 1 atom stereocenters. The Hall–Kier alpha value is -1.85. The number of allylic oxidation sites excluding steroid dienone is 1. The summed E-state index contributed by atoms with van der Waals surface area (Å²) in [6, 6.07) is -0.940. The van der Waals surface area contributed by atoms with Gasteiger partial charge in [0.2, 0.25) is 5.91 Å². The Balaban J connectivity index is 3.97. The quantitative estimate of drug-likeness (QED) is 0.391. The Morgan fingerprint density at radius 3 is 2.32 bits per heavy atom. The molecular formula is C13H21NO5. The number of hydrogen-bond donors (Lipinski definition) is 3. The Morgan fingerprint density at radius 1 is 1.11 bits per heavy atom. The predicted molar refractivity (Wildman–Crippen MR) is 69.7 cm³/mol. The third-order valence-electron chi connectivity index (χ3n) is 2.60. The molecule has 0 aromatic rings. The van der Waals surface area contributed by atoms with E-state index in [1.807, 2.05) is 6.08 Å². The largest absolute Gasteiger partial charge is 0.481 e. The van der Waals surface area contributed by atoms with Gasteiger partial charge in [0, 0.05) is 6.42 Å². The smallest absolute Gasteiger partial charge is 0.326 e. The molecule has 0 radical (unpaired) electrons. The van der Waals surface area contributed by atoms with Gasteiger partial charge in [-0.25, -0.2) is 4.79 Å². The molecule has 0 bridgehead atoms. The first-order valence-electron chi connectivity index (χ1n) is 6.32. The Morgan fingerprint density at radius 2 is 1.79 bits per heavy atom. The van der Waals surface area contributed by atoms with E-state index in [1.54, 1.807) is 0 Å². The lowest BCUT2D eigenvalue weighted by Crippen LogP contribution is -2.40.